The van der Waals surface area contributed by atoms with Gasteiger partial charge in [-0.2, -0.15) is 0 Å². The van der Waals surface area contributed by atoms with Crippen molar-refractivity contribution in [3.63, 3.8) is 0 Å². The summed E-state index contributed by atoms with van der Waals surface area (Å²) < 4.78 is 0. The van der Waals surface area contributed by atoms with Crippen LogP contribution in [0, 0.1) is 5.92 Å². The van der Waals surface area contributed by atoms with E-state index in [2.05, 4.69) is 5.48 Å². The summed E-state index contributed by atoms with van der Waals surface area (Å²) in [4.78, 5) is 16.3. The van der Waals surface area contributed by atoms with Crippen LogP contribution in [0.3, 0.4) is 0 Å². The van der Waals surface area contributed by atoms with Gasteiger partial charge < -0.3 is 5.11 Å². The highest BCUT2D eigenvalue weighted by Crippen LogP contribution is 2.27. The van der Waals surface area contributed by atoms with Gasteiger partial charge in [0.1, 0.15) is 0 Å². The smallest absolute Gasteiger partial charge is 0.243 e. The van der Waals surface area contributed by atoms with Crippen LogP contribution in [0.15, 0.2) is 0 Å². The lowest BCUT2D eigenvalue weighted by Gasteiger charge is -2.20. The van der Waals surface area contributed by atoms with E-state index in [0.717, 1.165) is 12.3 Å². The third-order valence-corrected chi connectivity index (χ3v) is 3.09. The van der Waals surface area contributed by atoms with E-state index in [1.807, 2.05) is 0 Å². The van der Waals surface area contributed by atoms with E-state index in [4.69, 9.17) is 9.94 Å². The molecule has 0 aromatic rings. The standard InChI is InChI=1S/C12H23NO3/c14-9-4-10-16-13-12(15)8-7-11-5-2-1-3-6-11/h11,14H,1-10H2,(H,13,15). The number of carbonyl (C=O) groups is 1. The first-order valence-electron chi connectivity index (χ1n) is 6.34. The summed E-state index contributed by atoms with van der Waals surface area (Å²) in [5.74, 6) is 0.695. The first kappa shape index (κ1) is 13.5. The van der Waals surface area contributed by atoms with Crippen LogP contribution in [0.5, 0.6) is 0 Å². The molecule has 1 amide bonds. The summed E-state index contributed by atoms with van der Waals surface area (Å²) in [6.07, 6.45) is 8.64. The first-order chi connectivity index (χ1) is 7.83. The molecule has 1 aliphatic rings. The predicted molar refractivity (Wildman–Crippen MR) is 61.6 cm³/mol. The van der Waals surface area contributed by atoms with Crippen molar-refractivity contribution in [1.29, 1.82) is 0 Å². The van der Waals surface area contributed by atoms with Crippen LogP contribution in [-0.4, -0.2) is 24.2 Å². The highest BCUT2D eigenvalue weighted by molar-refractivity contribution is 5.74. The van der Waals surface area contributed by atoms with Crippen LogP contribution >= 0.6 is 0 Å². The number of nitrogens with one attached hydrogen (secondary N) is 1. The molecular formula is C12H23NO3. The van der Waals surface area contributed by atoms with Crippen LogP contribution < -0.4 is 5.48 Å². The summed E-state index contributed by atoms with van der Waals surface area (Å²) >= 11 is 0. The van der Waals surface area contributed by atoms with Gasteiger partial charge in [-0.1, -0.05) is 32.1 Å². The van der Waals surface area contributed by atoms with Crippen molar-refractivity contribution in [2.24, 2.45) is 5.92 Å². The van der Waals surface area contributed by atoms with Gasteiger partial charge in [0, 0.05) is 13.0 Å². The molecule has 0 aromatic carbocycles. The number of aliphatic hydroxyl groups is 1. The van der Waals surface area contributed by atoms with Crippen molar-refractivity contribution in [2.75, 3.05) is 13.2 Å². The molecule has 4 heteroatoms. The Balaban J connectivity index is 1.96. The Kier molecular flexibility index (Phi) is 7.17. The van der Waals surface area contributed by atoms with Crippen molar-refractivity contribution in [2.45, 2.75) is 51.4 Å². The van der Waals surface area contributed by atoms with Gasteiger partial charge in [0.15, 0.2) is 0 Å². The van der Waals surface area contributed by atoms with E-state index in [1.54, 1.807) is 0 Å². The summed E-state index contributed by atoms with van der Waals surface area (Å²) in [7, 11) is 0. The largest absolute Gasteiger partial charge is 0.396 e. The zero-order valence-corrected chi connectivity index (χ0v) is 9.91. The molecule has 4 nitrogen and oxygen atoms in total. The maximum atomic E-state index is 11.4. The van der Waals surface area contributed by atoms with Crippen LogP contribution in [-0.2, 0) is 9.63 Å². The molecule has 0 spiro atoms. The third-order valence-electron chi connectivity index (χ3n) is 3.09. The van der Waals surface area contributed by atoms with E-state index in [9.17, 15) is 4.79 Å². The molecule has 0 aliphatic heterocycles. The molecule has 2 N–H and O–H groups in total. The normalized spacial score (nSPS) is 17.3. The monoisotopic (exact) mass is 229 g/mol. The third kappa shape index (κ3) is 6.08. The highest BCUT2D eigenvalue weighted by Gasteiger charge is 2.14. The zero-order chi connectivity index (χ0) is 11.6. The van der Waals surface area contributed by atoms with Crippen molar-refractivity contribution in [1.82, 2.24) is 5.48 Å². The Morgan fingerprint density at radius 3 is 2.75 bits per heavy atom. The molecule has 1 fully saturated rings. The second-order valence-electron chi connectivity index (χ2n) is 4.49. The topological polar surface area (TPSA) is 58.6 Å². The van der Waals surface area contributed by atoms with Crippen molar-refractivity contribution in [3.05, 3.63) is 0 Å². The lowest BCUT2D eigenvalue weighted by atomic mass is 9.86. The molecule has 0 unspecified atom stereocenters. The van der Waals surface area contributed by atoms with Gasteiger partial charge in [-0.05, 0) is 18.8 Å². The second-order valence-corrected chi connectivity index (χ2v) is 4.49. The number of rotatable bonds is 7. The van der Waals surface area contributed by atoms with Crippen LogP contribution in [0.2, 0.25) is 0 Å². The molecule has 0 atom stereocenters. The SMILES string of the molecule is O=C(CCC1CCCCC1)NOCCCO. The number of hydroxylamine groups is 1. The highest BCUT2D eigenvalue weighted by atomic mass is 16.6. The molecule has 94 valence electrons. The number of hydrogen-bond acceptors (Lipinski definition) is 3. The van der Waals surface area contributed by atoms with E-state index < -0.39 is 0 Å². The molecular weight excluding hydrogens is 206 g/mol. The van der Waals surface area contributed by atoms with E-state index in [1.165, 1.54) is 32.1 Å². The Morgan fingerprint density at radius 2 is 2.06 bits per heavy atom. The minimum absolute atomic E-state index is 0.0384. The molecule has 1 saturated carbocycles. The summed E-state index contributed by atoms with van der Waals surface area (Å²) in [6, 6.07) is 0. The summed E-state index contributed by atoms with van der Waals surface area (Å²) in [5.41, 5.74) is 2.41. The molecule has 0 saturated heterocycles. The maximum absolute atomic E-state index is 11.4. The molecule has 0 bridgehead atoms. The van der Waals surface area contributed by atoms with Crippen LogP contribution in [0.1, 0.15) is 51.4 Å². The van der Waals surface area contributed by atoms with Crippen LogP contribution in [0.25, 0.3) is 0 Å². The van der Waals surface area contributed by atoms with Gasteiger partial charge >= 0.3 is 0 Å². The fourth-order valence-electron chi connectivity index (χ4n) is 2.13. The van der Waals surface area contributed by atoms with Gasteiger partial charge in [0.25, 0.3) is 0 Å². The predicted octanol–water partition coefficient (Wildman–Crippen LogP) is 1.78. The number of aliphatic hydroxyl groups excluding tert-OH is 1. The average Bonchev–Trinajstić information content (AvgIpc) is 2.33. The van der Waals surface area contributed by atoms with Crippen molar-refractivity contribution < 1.29 is 14.7 Å². The fraction of sp³-hybridized carbons (Fsp3) is 0.917. The Labute approximate surface area is 97.3 Å². The van der Waals surface area contributed by atoms with Gasteiger partial charge in [-0.25, -0.2) is 5.48 Å². The fourth-order valence-corrected chi connectivity index (χ4v) is 2.13. The molecule has 0 aromatic heterocycles. The van der Waals surface area contributed by atoms with E-state index in [-0.39, 0.29) is 12.5 Å². The summed E-state index contributed by atoms with van der Waals surface area (Å²) in [5, 5.41) is 8.51. The average molecular weight is 229 g/mol. The maximum Gasteiger partial charge on any atom is 0.243 e. The zero-order valence-electron chi connectivity index (χ0n) is 9.91. The van der Waals surface area contributed by atoms with Gasteiger partial charge in [-0.15, -0.1) is 0 Å². The lowest BCUT2D eigenvalue weighted by molar-refractivity contribution is -0.134. The van der Waals surface area contributed by atoms with Crippen molar-refractivity contribution >= 4 is 5.91 Å². The first-order valence-corrected chi connectivity index (χ1v) is 6.34. The van der Waals surface area contributed by atoms with E-state index >= 15 is 0 Å². The molecule has 16 heavy (non-hydrogen) atoms. The molecule has 1 aliphatic carbocycles. The van der Waals surface area contributed by atoms with Crippen LogP contribution in [0.4, 0.5) is 0 Å². The van der Waals surface area contributed by atoms with Gasteiger partial charge in [0.2, 0.25) is 5.91 Å². The molecule has 1 rings (SSSR count). The second kappa shape index (κ2) is 8.53. The number of amides is 1. The van der Waals surface area contributed by atoms with Gasteiger partial charge in [-0.3, -0.25) is 9.63 Å². The minimum Gasteiger partial charge on any atom is -0.396 e. The number of hydrogen-bond donors (Lipinski definition) is 2. The molecule has 0 radical (unpaired) electrons. The minimum atomic E-state index is -0.0384. The Morgan fingerprint density at radius 1 is 1.31 bits per heavy atom. The van der Waals surface area contributed by atoms with Gasteiger partial charge in [0.05, 0.1) is 6.61 Å². The van der Waals surface area contributed by atoms with Crippen molar-refractivity contribution in [3.8, 4) is 0 Å². The summed E-state index contributed by atoms with van der Waals surface area (Å²) in [6.45, 7) is 0.476. The van der Waals surface area contributed by atoms with E-state index in [0.29, 0.717) is 19.4 Å². The Bertz CT molecular complexity index is 191. The Hall–Kier alpha value is -0.610. The molecule has 0 heterocycles. The number of carbonyl (C=O) groups excluding carboxylic acids is 1. The quantitative estimate of drug-likeness (QED) is 0.517. The lowest BCUT2D eigenvalue weighted by Crippen LogP contribution is -2.25.